The monoisotopic (exact) mass is 301 g/mol. The fourth-order valence-corrected chi connectivity index (χ4v) is 2.99. The second kappa shape index (κ2) is 5.51. The molecule has 104 valence electrons. The molecule has 1 heterocycles. The molecule has 1 amide bonds. The molecule has 1 aromatic rings. The Morgan fingerprint density at radius 3 is 2.74 bits per heavy atom. The molecular formula is C13H16ClNO3S. The molecule has 0 fully saturated rings. The van der Waals surface area contributed by atoms with E-state index >= 15 is 0 Å². The van der Waals surface area contributed by atoms with Gasteiger partial charge >= 0.3 is 0 Å². The van der Waals surface area contributed by atoms with Gasteiger partial charge in [0.05, 0.1) is 4.90 Å². The Hall–Kier alpha value is -1.07. The van der Waals surface area contributed by atoms with Crippen LogP contribution in [-0.2, 0) is 15.5 Å². The lowest BCUT2D eigenvalue weighted by Crippen LogP contribution is -2.38. The summed E-state index contributed by atoms with van der Waals surface area (Å²) in [6.45, 7) is 3.48. The minimum atomic E-state index is -3.79. The van der Waals surface area contributed by atoms with Crippen molar-refractivity contribution in [2.24, 2.45) is 0 Å². The van der Waals surface area contributed by atoms with Gasteiger partial charge in [0, 0.05) is 29.3 Å². The number of unbranched alkanes of at least 4 members (excludes halogenated alkanes) is 1. The lowest BCUT2D eigenvalue weighted by molar-refractivity contribution is 0.0737. The summed E-state index contributed by atoms with van der Waals surface area (Å²) in [7, 11) is 1.52. The van der Waals surface area contributed by atoms with Crippen LogP contribution >= 0.6 is 10.7 Å². The fraction of sp³-hybridized carbons (Fsp3) is 0.462. The number of amides is 1. The number of nitrogens with zero attached hydrogens (tertiary/aromatic N) is 1. The van der Waals surface area contributed by atoms with Crippen molar-refractivity contribution in [3.8, 4) is 0 Å². The Kier molecular flexibility index (Phi) is 4.16. The SMILES string of the molecule is CCCCN1CCc2ccc(S(=O)(=O)Cl)cc2C1=O. The highest BCUT2D eigenvalue weighted by atomic mass is 35.7. The summed E-state index contributed by atoms with van der Waals surface area (Å²) in [5.74, 6) is -0.100. The van der Waals surface area contributed by atoms with E-state index in [1.54, 1.807) is 11.0 Å². The predicted octanol–water partition coefficient (Wildman–Crippen LogP) is 2.41. The highest BCUT2D eigenvalue weighted by molar-refractivity contribution is 8.13. The van der Waals surface area contributed by atoms with E-state index in [2.05, 4.69) is 6.92 Å². The van der Waals surface area contributed by atoms with Gasteiger partial charge in [-0.25, -0.2) is 8.42 Å². The number of halogens is 1. The van der Waals surface area contributed by atoms with Crippen LogP contribution in [0.2, 0.25) is 0 Å². The van der Waals surface area contributed by atoms with E-state index in [4.69, 9.17) is 10.7 Å². The lowest BCUT2D eigenvalue weighted by atomic mass is 9.99. The summed E-state index contributed by atoms with van der Waals surface area (Å²) in [5.41, 5.74) is 1.35. The molecule has 0 N–H and O–H groups in total. The summed E-state index contributed by atoms with van der Waals surface area (Å²) < 4.78 is 22.6. The molecule has 0 saturated carbocycles. The molecule has 0 aliphatic carbocycles. The molecule has 0 spiro atoms. The maximum atomic E-state index is 12.3. The molecule has 0 atom stereocenters. The molecule has 0 unspecified atom stereocenters. The van der Waals surface area contributed by atoms with Crippen molar-refractivity contribution in [3.63, 3.8) is 0 Å². The molecule has 0 bridgehead atoms. The van der Waals surface area contributed by atoms with Gasteiger partial charge in [-0.15, -0.1) is 0 Å². The van der Waals surface area contributed by atoms with Gasteiger partial charge < -0.3 is 4.90 Å². The topological polar surface area (TPSA) is 54.5 Å². The Morgan fingerprint density at radius 1 is 1.37 bits per heavy atom. The Balaban J connectivity index is 2.33. The molecule has 1 aromatic carbocycles. The normalized spacial score (nSPS) is 15.5. The van der Waals surface area contributed by atoms with Crippen molar-refractivity contribution in [2.75, 3.05) is 13.1 Å². The molecule has 0 saturated heterocycles. The molecular weight excluding hydrogens is 286 g/mol. The maximum Gasteiger partial charge on any atom is 0.261 e. The van der Waals surface area contributed by atoms with Crippen LogP contribution in [0.4, 0.5) is 0 Å². The average Bonchev–Trinajstić information content (AvgIpc) is 2.37. The first kappa shape index (κ1) is 14.3. The number of benzene rings is 1. The lowest BCUT2D eigenvalue weighted by Gasteiger charge is -2.28. The fourth-order valence-electron chi connectivity index (χ4n) is 2.21. The Bertz CT molecular complexity index is 598. The second-order valence-corrected chi connectivity index (χ2v) is 7.22. The van der Waals surface area contributed by atoms with Gasteiger partial charge in [-0.2, -0.15) is 0 Å². The zero-order chi connectivity index (χ0) is 14.0. The molecule has 19 heavy (non-hydrogen) atoms. The maximum absolute atomic E-state index is 12.3. The van der Waals surface area contributed by atoms with Gasteiger partial charge in [-0.05, 0) is 30.5 Å². The van der Waals surface area contributed by atoms with Gasteiger partial charge in [0.1, 0.15) is 0 Å². The number of carbonyl (C=O) groups is 1. The van der Waals surface area contributed by atoms with Crippen LogP contribution in [0.15, 0.2) is 23.1 Å². The van der Waals surface area contributed by atoms with Gasteiger partial charge in [0.2, 0.25) is 0 Å². The summed E-state index contributed by atoms with van der Waals surface area (Å²) in [4.78, 5) is 14.0. The first-order chi connectivity index (χ1) is 8.93. The number of carbonyl (C=O) groups excluding carboxylic acids is 1. The van der Waals surface area contributed by atoms with Crippen LogP contribution in [-0.4, -0.2) is 32.3 Å². The summed E-state index contributed by atoms with van der Waals surface area (Å²) in [6.07, 6.45) is 2.73. The zero-order valence-electron chi connectivity index (χ0n) is 10.7. The van der Waals surface area contributed by atoms with Crippen LogP contribution in [0.25, 0.3) is 0 Å². The highest BCUT2D eigenvalue weighted by Crippen LogP contribution is 2.24. The second-order valence-electron chi connectivity index (χ2n) is 4.65. The van der Waals surface area contributed by atoms with E-state index < -0.39 is 9.05 Å². The Morgan fingerprint density at radius 2 is 2.11 bits per heavy atom. The molecule has 0 aromatic heterocycles. The van der Waals surface area contributed by atoms with Crippen LogP contribution in [0, 0.1) is 0 Å². The third kappa shape index (κ3) is 3.09. The van der Waals surface area contributed by atoms with E-state index in [1.165, 1.54) is 12.1 Å². The van der Waals surface area contributed by atoms with Crippen molar-refractivity contribution >= 4 is 25.6 Å². The van der Waals surface area contributed by atoms with E-state index in [0.717, 1.165) is 24.8 Å². The van der Waals surface area contributed by atoms with E-state index in [1.807, 2.05) is 0 Å². The largest absolute Gasteiger partial charge is 0.338 e. The van der Waals surface area contributed by atoms with Crippen molar-refractivity contribution in [3.05, 3.63) is 29.3 Å². The first-order valence-corrected chi connectivity index (χ1v) is 8.61. The predicted molar refractivity (Wildman–Crippen MR) is 74.0 cm³/mol. The highest BCUT2D eigenvalue weighted by Gasteiger charge is 2.25. The molecule has 1 aliphatic heterocycles. The molecule has 1 aliphatic rings. The van der Waals surface area contributed by atoms with E-state index in [9.17, 15) is 13.2 Å². The van der Waals surface area contributed by atoms with Gasteiger partial charge in [0.25, 0.3) is 15.0 Å². The average molecular weight is 302 g/mol. The smallest absolute Gasteiger partial charge is 0.261 e. The van der Waals surface area contributed by atoms with Crippen molar-refractivity contribution in [1.82, 2.24) is 4.90 Å². The summed E-state index contributed by atoms with van der Waals surface area (Å²) >= 11 is 0. The summed E-state index contributed by atoms with van der Waals surface area (Å²) in [6, 6.07) is 4.52. The number of hydrogen-bond donors (Lipinski definition) is 0. The Labute approximate surface area is 117 Å². The zero-order valence-corrected chi connectivity index (χ0v) is 12.3. The van der Waals surface area contributed by atoms with Crippen LogP contribution in [0.3, 0.4) is 0 Å². The van der Waals surface area contributed by atoms with Gasteiger partial charge in [0.15, 0.2) is 0 Å². The minimum absolute atomic E-state index is 0.0152. The third-order valence-corrected chi connectivity index (χ3v) is 4.66. The summed E-state index contributed by atoms with van der Waals surface area (Å²) in [5, 5.41) is 0. The number of fused-ring (bicyclic) bond motifs is 1. The third-order valence-electron chi connectivity index (χ3n) is 3.31. The molecule has 0 radical (unpaired) electrons. The van der Waals surface area contributed by atoms with E-state index in [0.29, 0.717) is 18.7 Å². The van der Waals surface area contributed by atoms with Crippen LogP contribution in [0.5, 0.6) is 0 Å². The van der Waals surface area contributed by atoms with Crippen LogP contribution < -0.4 is 0 Å². The van der Waals surface area contributed by atoms with Crippen molar-refractivity contribution < 1.29 is 13.2 Å². The number of hydrogen-bond acceptors (Lipinski definition) is 3. The van der Waals surface area contributed by atoms with Crippen molar-refractivity contribution in [2.45, 2.75) is 31.1 Å². The minimum Gasteiger partial charge on any atom is -0.338 e. The van der Waals surface area contributed by atoms with E-state index in [-0.39, 0.29) is 10.8 Å². The molecule has 4 nitrogen and oxygen atoms in total. The molecule has 2 rings (SSSR count). The standard InChI is InChI=1S/C13H16ClNO3S/c1-2-3-7-15-8-6-10-4-5-11(19(14,17)18)9-12(10)13(15)16/h4-5,9H,2-3,6-8H2,1H3. The van der Waals surface area contributed by atoms with Gasteiger partial charge in [-0.1, -0.05) is 19.4 Å². The quantitative estimate of drug-likeness (QED) is 0.803. The molecule has 6 heteroatoms. The van der Waals surface area contributed by atoms with Gasteiger partial charge in [-0.3, -0.25) is 4.79 Å². The number of rotatable bonds is 4. The van der Waals surface area contributed by atoms with Crippen molar-refractivity contribution in [1.29, 1.82) is 0 Å². The van der Waals surface area contributed by atoms with Crippen LogP contribution in [0.1, 0.15) is 35.7 Å². The first-order valence-electron chi connectivity index (χ1n) is 6.30.